The maximum absolute atomic E-state index is 12.0. The Hall–Kier alpha value is -3.22. The van der Waals surface area contributed by atoms with Crippen LogP contribution < -0.4 is 10.6 Å². The highest BCUT2D eigenvalue weighted by molar-refractivity contribution is 6.30. The van der Waals surface area contributed by atoms with Gasteiger partial charge in [-0.1, -0.05) is 11.6 Å². The second kappa shape index (κ2) is 8.65. The number of alkyl carbamates (subject to hydrolysis) is 1. The van der Waals surface area contributed by atoms with Gasteiger partial charge in [0.1, 0.15) is 12.4 Å². The van der Waals surface area contributed by atoms with Crippen molar-refractivity contribution in [2.24, 2.45) is 0 Å². The number of alkyl halides is 3. The van der Waals surface area contributed by atoms with E-state index in [1.54, 1.807) is 18.2 Å². The highest BCUT2D eigenvalue weighted by atomic mass is 35.5. The molecule has 0 aliphatic heterocycles. The topological polar surface area (TPSA) is 128 Å². The predicted molar refractivity (Wildman–Crippen MR) is 86.2 cm³/mol. The second-order valence-corrected chi connectivity index (χ2v) is 5.72. The summed E-state index contributed by atoms with van der Waals surface area (Å²) in [6.45, 7) is 1.13. The fraction of sp³-hybridized carbons (Fsp3) is 0.286. The molecule has 2 N–H and O–H groups in total. The molecule has 28 heavy (non-hydrogen) atoms. The van der Waals surface area contributed by atoms with Crippen molar-refractivity contribution < 1.29 is 32.3 Å². The molecule has 1 aromatic carbocycles. The summed E-state index contributed by atoms with van der Waals surface area (Å²) < 4.78 is 41.0. The smallest absolute Gasteiger partial charge is 0.369 e. The minimum Gasteiger partial charge on any atom is -0.369 e. The van der Waals surface area contributed by atoms with E-state index in [-0.39, 0.29) is 6.54 Å². The molecule has 1 heterocycles. The van der Waals surface area contributed by atoms with Crippen molar-refractivity contribution in [3.63, 3.8) is 0 Å². The Morgan fingerprint density at radius 3 is 2.64 bits per heavy atom. The number of tetrazole rings is 1. The van der Waals surface area contributed by atoms with Crippen LogP contribution in [0.4, 0.5) is 18.0 Å². The van der Waals surface area contributed by atoms with Gasteiger partial charge in [-0.15, -0.1) is 5.10 Å². The van der Waals surface area contributed by atoms with Crippen LogP contribution in [0.15, 0.2) is 24.5 Å². The number of rotatable bonds is 5. The van der Waals surface area contributed by atoms with Crippen LogP contribution in [0, 0.1) is 0 Å². The Morgan fingerprint density at radius 1 is 1.32 bits per heavy atom. The highest BCUT2D eigenvalue weighted by Crippen LogP contribution is 2.19. The van der Waals surface area contributed by atoms with E-state index in [4.69, 9.17) is 11.6 Å². The van der Waals surface area contributed by atoms with Crippen molar-refractivity contribution in [1.29, 1.82) is 0 Å². The number of benzene rings is 1. The molecule has 0 aliphatic carbocycles. The molecule has 2 amide bonds. The van der Waals surface area contributed by atoms with Crippen molar-refractivity contribution in [2.75, 3.05) is 0 Å². The van der Waals surface area contributed by atoms with Gasteiger partial charge in [-0.2, -0.15) is 13.2 Å². The lowest BCUT2D eigenvalue weighted by Gasteiger charge is -2.15. The first-order valence-electron chi connectivity index (χ1n) is 7.47. The molecule has 0 spiro atoms. The number of nitrogens with zero attached hydrogens (tertiary/aromatic N) is 4. The molecule has 0 saturated carbocycles. The number of ether oxygens (including phenoxy) is 1. The average molecular weight is 421 g/mol. The van der Waals surface area contributed by atoms with Crippen LogP contribution in [0.1, 0.15) is 12.5 Å². The van der Waals surface area contributed by atoms with Crippen LogP contribution in [0.2, 0.25) is 5.02 Å². The van der Waals surface area contributed by atoms with Crippen LogP contribution in [0.3, 0.4) is 0 Å². The molecule has 14 heteroatoms. The van der Waals surface area contributed by atoms with E-state index in [0.717, 1.165) is 0 Å². The molecule has 150 valence electrons. The third-order valence-corrected chi connectivity index (χ3v) is 3.47. The fourth-order valence-corrected chi connectivity index (χ4v) is 2.13. The van der Waals surface area contributed by atoms with Gasteiger partial charge in [0.05, 0.1) is 5.69 Å². The summed E-state index contributed by atoms with van der Waals surface area (Å²) in [7, 11) is 0. The van der Waals surface area contributed by atoms with Crippen molar-refractivity contribution in [3.8, 4) is 5.69 Å². The number of esters is 1. The van der Waals surface area contributed by atoms with E-state index in [1.807, 2.05) is 5.32 Å². The number of hydrogen-bond donors (Lipinski definition) is 2. The average Bonchev–Trinajstić information content (AvgIpc) is 3.13. The third-order valence-electron chi connectivity index (χ3n) is 3.23. The SMILES string of the molecule is C[C@H](NC(=O)OC(=O)C(F)(F)F)C(=O)NCc1cc(Cl)ccc1-n1cnnn1. The van der Waals surface area contributed by atoms with E-state index < -0.39 is 30.2 Å². The molecule has 2 aromatic rings. The van der Waals surface area contributed by atoms with Crippen LogP contribution in [0.5, 0.6) is 0 Å². The van der Waals surface area contributed by atoms with Gasteiger partial charge in [-0.3, -0.25) is 4.79 Å². The monoisotopic (exact) mass is 420 g/mol. The van der Waals surface area contributed by atoms with Gasteiger partial charge in [0.2, 0.25) is 5.91 Å². The lowest BCUT2D eigenvalue weighted by atomic mass is 10.1. The molecular formula is C14H12ClF3N6O4. The molecule has 0 unspecified atom stereocenters. The summed E-state index contributed by atoms with van der Waals surface area (Å²) in [5.41, 5.74) is 1.04. The Labute approximate surface area is 160 Å². The van der Waals surface area contributed by atoms with Gasteiger partial charge >= 0.3 is 18.2 Å². The highest BCUT2D eigenvalue weighted by Gasteiger charge is 2.42. The van der Waals surface area contributed by atoms with Gasteiger partial charge in [-0.05, 0) is 41.1 Å². The molecule has 1 aromatic heterocycles. The normalized spacial score (nSPS) is 12.2. The maximum Gasteiger partial charge on any atom is 0.491 e. The minimum absolute atomic E-state index is 0.0584. The van der Waals surface area contributed by atoms with E-state index >= 15 is 0 Å². The van der Waals surface area contributed by atoms with Gasteiger partial charge in [0.15, 0.2) is 0 Å². The summed E-state index contributed by atoms with van der Waals surface area (Å²) in [6.07, 6.45) is -5.71. The first kappa shape index (κ1) is 21.1. The fourth-order valence-electron chi connectivity index (χ4n) is 1.94. The number of halogens is 4. The zero-order chi connectivity index (χ0) is 20.9. The Kier molecular flexibility index (Phi) is 6.51. The van der Waals surface area contributed by atoms with E-state index in [2.05, 4.69) is 25.6 Å². The van der Waals surface area contributed by atoms with E-state index in [9.17, 15) is 27.6 Å². The molecule has 2 rings (SSSR count). The summed E-state index contributed by atoms with van der Waals surface area (Å²) in [5.74, 6) is -3.44. The summed E-state index contributed by atoms with van der Waals surface area (Å²) in [5, 5.41) is 15.4. The molecule has 0 fully saturated rings. The number of amides is 2. The quantitative estimate of drug-likeness (QED) is 0.548. The molecule has 1 atom stereocenters. The van der Waals surface area contributed by atoms with E-state index in [0.29, 0.717) is 16.3 Å². The van der Waals surface area contributed by atoms with Crippen LogP contribution in [0.25, 0.3) is 5.69 Å². The van der Waals surface area contributed by atoms with Crippen LogP contribution >= 0.6 is 11.6 Å². The molecule has 0 aliphatic rings. The molecule has 0 radical (unpaired) electrons. The number of nitrogens with one attached hydrogen (secondary N) is 2. The number of carbonyl (C=O) groups excluding carboxylic acids is 3. The Bertz CT molecular complexity index is 874. The minimum atomic E-state index is -5.33. The summed E-state index contributed by atoms with van der Waals surface area (Å²) in [4.78, 5) is 33.9. The van der Waals surface area contributed by atoms with Crippen molar-refractivity contribution in [1.82, 2.24) is 30.8 Å². The van der Waals surface area contributed by atoms with Crippen molar-refractivity contribution in [3.05, 3.63) is 35.1 Å². The molecular weight excluding hydrogens is 409 g/mol. The Balaban J connectivity index is 1.96. The molecule has 10 nitrogen and oxygen atoms in total. The second-order valence-electron chi connectivity index (χ2n) is 5.29. The number of hydrogen-bond acceptors (Lipinski definition) is 7. The lowest BCUT2D eigenvalue weighted by Crippen LogP contribution is -2.46. The van der Waals surface area contributed by atoms with Crippen LogP contribution in [-0.2, 0) is 20.9 Å². The Morgan fingerprint density at radius 2 is 2.04 bits per heavy atom. The van der Waals surface area contributed by atoms with Crippen molar-refractivity contribution in [2.45, 2.75) is 25.7 Å². The van der Waals surface area contributed by atoms with Gasteiger partial charge in [0, 0.05) is 11.6 Å². The van der Waals surface area contributed by atoms with Gasteiger partial charge < -0.3 is 15.4 Å². The largest absolute Gasteiger partial charge is 0.491 e. The van der Waals surface area contributed by atoms with Crippen LogP contribution in [-0.4, -0.2) is 50.4 Å². The third kappa shape index (κ3) is 5.64. The van der Waals surface area contributed by atoms with E-state index in [1.165, 1.54) is 17.9 Å². The first-order chi connectivity index (χ1) is 13.1. The van der Waals surface area contributed by atoms with Gasteiger partial charge in [-0.25, -0.2) is 14.3 Å². The molecule has 0 saturated heterocycles. The summed E-state index contributed by atoms with van der Waals surface area (Å²) in [6, 6.07) is 3.46. The predicted octanol–water partition coefficient (Wildman–Crippen LogP) is 1.14. The number of carbonyl (C=O) groups is 3. The lowest BCUT2D eigenvalue weighted by molar-refractivity contribution is -0.192. The summed E-state index contributed by atoms with van der Waals surface area (Å²) >= 11 is 5.94. The van der Waals surface area contributed by atoms with Crippen molar-refractivity contribution >= 4 is 29.6 Å². The standard InChI is InChI=1S/C14H12ClF3N6O4/c1-7(21-13(27)28-12(26)14(16,17)18)11(25)19-5-8-4-9(15)2-3-10(8)24-6-20-22-23-24/h2-4,6-7H,5H2,1H3,(H,19,25)(H,21,27)/t7-/m0/s1. The first-order valence-corrected chi connectivity index (χ1v) is 7.84. The zero-order valence-electron chi connectivity index (χ0n) is 14.0. The van der Waals surface area contributed by atoms with Gasteiger partial charge in [0.25, 0.3) is 0 Å². The zero-order valence-corrected chi connectivity index (χ0v) is 14.8. The maximum atomic E-state index is 12.0. The number of aromatic nitrogens is 4. The molecule has 0 bridgehead atoms.